The predicted molar refractivity (Wildman–Crippen MR) is 69.2 cm³/mol. The number of carbonyl (C=O) groups excluding carboxylic acids is 1. The maximum absolute atomic E-state index is 10.8. The average Bonchev–Trinajstić information content (AvgIpc) is 2.26. The quantitative estimate of drug-likeness (QED) is 0.306. The molecule has 0 aliphatic rings. The van der Waals surface area contributed by atoms with Crippen molar-refractivity contribution < 1.29 is 14.6 Å². The zero-order valence-electron chi connectivity index (χ0n) is 9.38. The summed E-state index contributed by atoms with van der Waals surface area (Å²) in [4.78, 5) is 10.8. The molecule has 3 nitrogen and oxygen atoms in total. The Morgan fingerprint density at radius 1 is 1.27 bits per heavy atom. The number of carbonyl (C=O) groups is 1. The van der Waals surface area contributed by atoms with E-state index in [1.54, 1.807) is 0 Å². The SMILES string of the molecule is COC(=O)CCCCCCC[C@@H](O)CI. The highest BCUT2D eigenvalue weighted by molar-refractivity contribution is 14.1. The number of aliphatic hydroxyl groups is 1. The Kier molecular flexibility index (Phi) is 10.8. The molecule has 0 aromatic heterocycles. The van der Waals surface area contributed by atoms with Crippen molar-refractivity contribution in [2.75, 3.05) is 11.5 Å². The fourth-order valence-electron chi connectivity index (χ4n) is 1.36. The molecule has 0 saturated carbocycles. The third kappa shape index (κ3) is 10.4. The molecule has 4 heteroatoms. The zero-order valence-corrected chi connectivity index (χ0v) is 11.5. The molecule has 0 aliphatic carbocycles. The van der Waals surface area contributed by atoms with E-state index in [0.29, 0.717) is 6.42 Å². The third-order valence-corrected chi connectivity index (χ3v) is 3.34. The van der Waals surface area contributed by atoms with Gasteiger partial charge in [0.2, 0.25) is 0 Å². The fourth-order valence-corrected chi connectivity index (χ4v) is 1.80. The standard InChI is InChI=1S/C11H21IO3/c1-15-11(14)8-6-4-2-3-5-7-10(13)9-12/h10,13H,2-9H2,1H3/t10-/m1/s1. The van der Waals surface area contributed by atoms with Crippen molar-refractivity contribution in [3.63, 3.8) is 0 Å². The summed E-state index contributed by atoms with van der Waals surface area (Å²) in [7, 11) is 1.42. The number of hydrogen-bond donors (Lipinski definition) is 1. The van der Waals surface area contributed by atoms with Crippen LogP contribution in [0, 0.1) is 0 Å². The van der Waals surface area contributed by atoms with Crippen LogP contribution in [0.2, 0.25) is 0 Å². The first-order valence-electron chi connectivity index (χ1n) is 5.51. The molecule has 0 saturated heterocycles. The third-order valence-electron chi connectivity index (χ3n) is 2.32. The number of methoxy groups -OCH3 is 1. The average molecular weight is 328 g/mol. The summed E-state index contributed by atoms with van der Waals surface area (Å²) >= 11 is 2.20. The van der Waals surface area contributed by atoms with Gasteiger partial charge in [-0.3, -0.25) is 4.79 Å². The first-order valence-corrected chi connectivity index (χ1v) is 7.04. The second-order valence-electron chi connectivity index (χ2n) is 3.69. The first-order chi connectivity index (χ1) is 7.20. The molecule has 0 fully saturated rings. The van der Waals surface area contributed by atoms with Crippen LogP contribution in [-0.2, 0) is 9.53 Å². The maximum atomic E-state index is 10.8. The van der Waals surface area contributed by atoms with Crippen molar-refractivity contribution >= 4 is 28.6 Å². The van der Waals surface area contributed by atoms with Gasteiger partial charge in [0.05, 0.1) is 13.2 Å². The molecule has 90 valence electrons. The number of hydrogen-bond acceptors (Lipinski definition) is 3. The number of alkyl halides is 1. The van der Waals surface area contributed by atoms with Crippen LogP contribution in [0.15, 0.2) is 0 Å². The fraction of sp³-hybridized carbons (Fsp3) is 0.909. The Bertz CT molecular complexity index is 162. The second-order valence-corrected chi connectivity index (χ2v) is 4.57. The molecule has 15 heavy (non-hydrogen) atoms. The smallest absolute Gasteiger partial charge is 0.305 e. The number of unbranched alkanes of at least 4 members (excludes halogenated alkanes) is 4. The number of rotatable bonds is 9. The van der Waals surface area contributed by atoms with Gasteiger partial charge in [0.25, 0.3) is 0 Å². The van der Waals surface area contributed by atoms with Gasteiger partial charge in [0, 0.05) is 10.8 Å². The number of esters is 1. The largest absolute Gasteiger partial charge is 0.469 e. The van der Waals surface area contributed by atoms with Crippen LogP contribution in [0.25, 0.3) is 0 Å². The molecule has 0 amide bonds. The summed E-state index contributed by atoms with van der Waals surface area (Å²) in [6, 6.07) is 0. The molecular weight excluding hydrogens is 307 g/mol. The van der Waals surface area contributed by atoms with Crippen molar-refractivity contribution in [3.05, 3.63) is 0 Å². The lowest BCUT2D eigenvalue weighted by atomic mass is 10.1. The number of ether oxygens (including phenoxy) is 1. The maximum Gasteiger partial charge on any atom is 0.305 e. The number of aliphatic hydroxyl groups excluding tert-OH is 1. The molecule has 0 unspecified atom stereocenters. The Morgan fingerprint density at radius 3 is 2.47 bits per heavy atom. The van der Waals surface area contributed by atoms with Crippen molar-refractivity contribution in [2.24, 2.45) is 0 Å². The Hall–Kier alpha value is 0.160. The van der Waals surface area contributed by atoms with Crippen LogP contribution in [0.1, 0.15) is 44.9 Å². The summed E-state index contributed by atoms with van der Waals surface area (Å²) in [5.74, 6) is -0.115. The van der Waals surface area contributed by atoms with Gasteiger partial charge in [-0.15, -0.1) is 0 Å². The van der Waals surface area contributed by atoms with E-state index in [-0.39, 0.29) is 12.1 Å². The molecular formula is C11H21IO3. The zero-order chi connectivity index (χ0) is 11.5. The van der Waals surface area contributed by atoms with Gasteiger partial charge >= 0.3 is 5.97 Å². The molecule has 1 N–H and O–H groups in total. The number of halogens is 1. The van der Waals surface area contributed by atoms with Crippen molar-refractivity contribution in [1.29, 1.82) is 0 Å². The van der Waals surface area contributed by atoms with E-state index in [4.69, 9.17) is 0 Å². The normalized spacial score (nSPS) is 12.5. The minimum Gasteiger partial charge on any atom is -0.469 e. The van der Waals surface area contributed by atoms with Gasteiger partial charge in [-0.1, -0.05) is 48.3 Å². The lowest BCUT2D eigenvalue weighted by Crippen LogP contribution is -2.06. The van der Waals surface area contributed by atoms with Crippen molar-refractivity contribution in [2.45, 2.75) is 51.0 Å². The molecule has 0 spiro atoms. The predicted octanol–water partition coefficient (Wildman–Crippen LogP) is 2.69. The van der Waals surface area contributed by atoms with Gasteiger partial charge in [-0.05, 0) is 12.8 Å². The molecule has 0 heterocycles. The van der Waals surface area contributed by atoms with Crippen LogP contribution >= 0.6 is 22.6 Å². The lowest BCUT2D eigenvalue weighted by Gasteiger charge is -2.05. The van der Waals surface area contributed by atoms with Gasteiger partial charge < -0.3 is 9.84 Å². The van der Waals surface area contributed by atoms with Crippen LogP contribution in [0.4, 0.5) is 0 Å². The molecule has 0 rings (SSSR count). The molecule has 0 radical (unpaired) electrons. The van der Waals surface area contributed by atoms with E-state index in [9.17, 15) is 9.90 Å². The molecule has 0 aromatic carbocycles. The lowest BCUT2D eigenvalue weighted by molar-refractivity contribution is -0.140. The van der Waals surface area contributed by atoms with E-state index >= 15 is 0 Å². The van der Waals surface area contributed by atoms with E-state index < -0.39 is 0 Å². The van der Waals surface area contributed by atoms with Gasteiger partial charge in [-0.2, -0.15) is 0 Å². The Labute approximate surface area is 106 Å². The summed E-state index contributed by atoms with van der Waals surface area (Å²) in [6.07, 6.45) is 6.67. The van der Waals surface area contributed by atoms with E-state index in [1.165, 1.54) is 7.11 Å². The van der Waals surface area contributed by atoms with Crippen LogP contribution in [-0.4, -0.2) is 28.7 Å². The van der Waals surface area contributed by atoms with Crippen LogP contribution in [0.3, 0.4) is 0 Å². The van der Waals surface area contributed by atoms with E-state index in [1.807, 2.05) is 0 Å². The van der Waals surface area contributed by atoms with Gasteiger partial charge in [0.1, 0.15) is 0 Å². The molecule has 1 atom stereocenters. The first kappa shape index (κ1) is 15.2. The van der Waals surface area contributed by atoms with E-state index in [0.717, 1.165) is 43.0 Å². The van der Waals surface area contributed by atoms with Crippen LogP contribution < -0.4 is 0 Å². The summed E-state index contributed by atoms with van der Waals surface area (Å²) in [5, 5.41) is 9.30. The molecule has 0 aromatic rings. The van der Waals surface area contributed by atoms with Crippen LogP contribution in [0.5, 0.6) is 0 Å². The second kappa shape index (κ2) is 10.7. The van der Waals surface area contributed by atoms with Gasteiger partial charge in [0.15, 0.2) is 0 Å². The topological polar surface area (TPSA) is 46.5 Å². The van der Waals surface area contributed by atoms with Crippen molar-refractivity contribution in [1.82, 2.24) is 0 Å². The summed E-state index contributed by atoms with van der Waals surface area (Å²) in [6.45, 7) is 0. The monoisotopic (exact) mass is 328 g/mol. The molecule has 0 aliphatic heterocycles. The summed E-state index contributed by atoms with van der Waals surface area (Å²) < 4.78 is 5.37. The highest BCUT2D eigenvalue weighted by atomic mass is 127. The summed E-state index contributed by atoms with van der Waals surface area (Å²) in [5.41, 5.74) is 0. The van der Waals surface area contributed by atoms with Crippen molar-refractivity contribution in [3.8, 4) is 0 Å². The Morgan fingerprint density at radius 2 is 1.87 bits per heavy atom. The highest BCUT2D eigenvalue weighted by Crippen LogP contribution is 2.10. The van der Waals surface area contributed by atoms with E-state index in [2.05, 4.69) is 27.3 Å². The molecule has 0 bridgehead atoms. The minimum absolute atomic E-state index is 0.115. The Balaban J connectivity index is 3.08. The highest BCUT2D eigenvalue weighted by Gasteiger charge is 2.01. The van der Waals surface area contributed by atoms with Gasteiger partial charge in [-0.25, -0.2) is 0 Å². The minimum atomic E-state index is -0.138.